The van der Waals surface area contributed by atoms with Gasteiger partial charge in [-0.3, -0.25) is 9.59 Å². The van der Waals surface area contributed by atoms with Crippen molar-refractivity contribution in [3.05, 3.63) is 59.7 Å². The molecule has 0 aromatic heterocycles. The lowest BCUT2D eigenvalue weighted by Gasteiger charge is -2.27. The first-order chi connectivity index (χ1) is 13.1. The minimum Gasteiger partial charge on any atom is -0.367 e. The zero-order valence-electron chi connectivity index (χ0n) is 15.6. The monoisotopic (exact) mass is 363 g/mol. The first kappa shape index (κ1) is 17.6. The third kappa shape index (κ3) is 3.82. The number of hydrogen-bond acceptors (Lipinski definition) is 3. The number of benzene rings is 2. The fourth-order valence-electron chi connectivity index (χ4n) is 4.12. The molecule has 2 atom stereocenters. The number of piperidine rings is 1. The zero-order valence-corrected chi connectivity index (χ0v) is 15.6. The highest BCUT2D eigenvalue weighted by molar-refractivity contribution is 5.96. The molecule has 0 bridgehead atoms. The Morgan fingerprint density at radius 1 is 1.19 bits per heavy atom. The Morgan fingerprint density at radius 3 is 2.81 bits per heavy atom. The van der Waals surface area contributed by atoms with E-state index in [1.807, 2.05) is 25.1 Å². The standard InChI is InChI=1S/C22H25N3O2/c1-15-12-18(13-21(26)23-15)22(27)24-19-8-4-2-7-17(19)14-25-11-10-16-6-3-5-9-20(16)25/h2-9,15,18H,10-14H2,1H3,(H,23,26)(H,24,27)/t15-,18-/m0/s1. The van der Waals surface area contributed by atoms with Crippen LogP contribution in [0, 0.1) is 5.92 Å². The highest BCUT2D eigenvalue weighted by Gasteiger charge is 2.29. The van der Waals surface area contributed by atoms with Crippen LogP contribution >= 0.6 is 0 Å². The van der Waals surface area contributed by atoms with Crippen LogP contribution in [0.15, 0.2) is 48.5 Å². The molecule has 2 amide bonds. The number of carbonyl (C=O) groups is 2. The van der Waals surface area contributed by atoms with Gasteiger partial charge in [0.15, 0.2) is 0 Å². The van der Waals surface area contributed by atoms with Crippen molar-refractivity contribution < 1.29 is 9.59 Å². The van der Waals surface area contributed by atoms with Crippen molar-refractivity contribution in [2.75, 3.05) is 16.8 Å². The van der Waals surface area contributed by atoms with Gasteiger partial charge in [-0.25, -0.2) is 0 Å². The molecule has 5 nitrogen and oxygen atoms in total. The fourth-order valence-corrected chi connectivity index (χ4v) is 4.12. The van der Waals surface area contributed by atoms with E-state index in [2.05, 4.69) is 45.9 Å². The van der Waals surface area contributed by atoms with Crippen LogP contribution in [-0.2, 0) is 22.6 Å². The Hall–Kier alpha value is -2.82. The smallest absolute Gasteiger partial charge is 0.228 e. The van der Waals surface area contributed by atoms with E-state index in [0.717, 1.165) is 30.8 Å². The van der Waals surface area contributed by atoms with Gasteiger partial charge in [0.05, 0.1) is 0 Å². The molecule has 0 radical (unpaired) electrons. The molecule has 2 aliphatic rings. The molecule has 2 N–H and O–H groups in total. The number of fused-ring (bicyclic) bond motifs is 1. The topological polar surface area (TPSA) is 61.4 Å². The average molecular weight is 363 g/mol. The summed E-state index contributed by atoms with van der Waals surface area (Å²) in [4.78, 5) is 26.9. The summed E-state index contributed by atoms with van der Waals surface area (Å²) in [5.74, 6) is -0.379. The van der Waals surface area contributed by atoms with Crippen molar-refractivity contribution in [2.45, 2.75) is 38.8 Å². The molecule has 0 unspecified atom stereocenters. The predicted molar refractivity (Wildman–Crippen MR) is 107 cm³/mol. The number of anilines is 2. The van der Waals surface area contributed by atoms with E-state index >= 15 is 0 Å². The Morgan fingerprint density at radius 2 is 1.96 bits per heavy atom. The van der Waals surface area contributed by atoms with Crippen molar-refractivity contribution in [1.29, 1.82) is 0 Å². The molecule has 0 saturated carbocycles. The molecule has 2 aromatic carbocycles. The number of hydrogen-bond donors (Lipinski definition) is 2. The number of amides is 2. The van der Waals surface area contributed by atoms with Crippen LogP contribution < -0.4 is 15.5 Å². The Kier molecular flexibility index (Phi) is 4.84. The number of rotatable bonds is 4. The summed E-state index contributed by atoms with van der Waals surface area (Å²) in [6.45, 7) is 3.69. The number of carbonyl (C=O) groups excluding carboxylic acids is 2. The maximum atomic E-state index is 12.7. The Bertz CT molecular complexity index is 864. The van der Waals surface area contributed by atoms with Gasteiger partial charge in [-0.2, -0.15) is 0 Å². The average Bonchev–Trinajstić information content (AvgIpc) is 3.05. The molecular formula is C22H25N3O2. The van der Waals surface area contributed by atoms with Gasteiger partial charge in [-0.05, 0) is 43.0 Å². The number of para-hydroxylation sites is 2. The van der Waals surface area contributed by atoms with Crippen LogP contribution in [0.2, 0.25) is 0 Å². The van der Waals surface area contributed by atoms with E-state index in [-0.39, 0.29) is 30.2 Å². The van der Waals surface area contributed by atoms with Crippen molar-refractivity contribution in [2.24, 2.45) is 5.92 Å². The lowest BCUT2D eigenvalue weighted by atomic mass is 9.92. The molecule has 1 fully saturated rings. The molecule has 140 valence electrons. The largest absolute Gasteiger partial charge is 0.367 e. The van der Waals surface area contributed by atoms with Gasteiger partial charge in [0, 0.05) is 42.8 Å². The predicted octanol–water partition coefficient (Wildman–Crippen LogP) is 3.10. The van der Waals surface area contributed by atoms with Crippen LogP contribution in [0.25, 0.3) is 0 Å². The van der Waals surface area contributed by atoms with Crippen molar-refractivity contribution in [3.63, 3.8) is 0 Å². The molecule has 2 aliphatic heterocycles. The third-order valence-electron chi connectivity index (χ3n) is 5.47. The second-order valence-electron chi connectivity index (χ2n) is 7.55. The molecule has 2 aromatic rings. The molecule has 4 rings (SSSR count). The first-order valence-corrected chi connectivity index (χ1v) is 9.61. The van der Waals surface area contributed by atoms with Gasteiger partial charge in [0.25, 0.3) is 0 Å². The molecule has 2 heterocycles. The Labute approximate surface area is 159 Å². The summed E-state index contributed by atoms with van der Waals surface area (Å²) < 4.78 is 0. The van der Waals surface area contributed by atoms with Crippen LogP contribution in [-0.4, -0.2) is 24.4 Å². The van der Waals surface area contributed by atoms with E-state index in [1.54, 1.807) is 0 Å². The lowest BCUT2D eigenvalue weighted by Crippen LogP contribution is -2.44. The number of nitrogens with one attached hydrogen (secondary N) is 2. The molecule has 1 saturated heterocycles. The maximum absolute atomic E-state index is 12.7. The van der Waals surface area contributed by atoms with Crippen LogP contribution in [0.1, 0.15) is 30.9 Å². The van der Waals surface area contributed by atoms with Gasteiger partial charge in [0.1, 0.15) is 0 Å². The van der Waals surface area contributed by atoms with Crippen molar-refractivity contribution in [3.8, 4) is 0 Å². The van der Waals surface area contributed by atoms with Gasteiger partial charge in [0.2, 0.25) is 11.8 Å². The van der Waals surface area contributed by atoms with E-state index < -0.39 is 0 Å². The summed E-state index contributed by atoms with van der Waals surface area (Å²) in [6.07, 6.45) is 2.00. The summed E-state index contributed by atoms with van der Waals surface area (Å²) in [7, 11) is 0. The fraction of sp³-hybridized carbons (Fsp3) is 0.364. The third-order valence-corrected chi connectivity index (χ3v) is 5.47. The van der Waals surface area contributed by atoms with Gasteiger partial charge in [-0.15, -0.1) is 0 Å². The van der Waals surface area contributed by atoms with E-state index in [4.69, 9.17) is 0 Å². The normalized spacial score (nSPS) is 21.5. The quantitative estimate of drug-likeness (QED) is 0.877. The van der Waals surface area contributed by atoms with Crippen molar-refractivity contribution >= 4 is 23.2 Å². The summed E-state index contributed by atoms with van der Waals surface area (Å²) in [5, 5.41) is 5.95. The molecular weight excluding hydrogens is 338 g/mol. The van der Waals surface area contributed by atoms with Crippen LogP contribution in [0.3, 0.4) is 0 Å². The molecule has 0 aliphatic carbocycles. The Balaban J connectivity index is 1.49. The van der Waals surface area contributed by atoms with Gasteiger partial charge >= 0.3 is 0 Å². The van der Waals surface area contributed by atoms with Crippen molar-refractivity contribution in [1.82, 2.24) is 5.32 Å². The highest BCUT2D eigenvalue weighted by Crippen LogP contribution is 2.30. The minimum absolute atomic E-state index is 0.0401. The van der Waals surface area contributed by atoms with Crippen LogP contribution in [0.4, 0.5) is 11.4 Å². The van der Waals surface area contributed by atoms with E-state index in [0.29, 0.717) is 6.42 Å². The second kappa shape index (κ2) is 7.43. The molecule has 27 heavy (non-hydrogen) atoms. The zero-order chi connectivity index (χ0) is 18.8. The van der Waals surface area contributed by atoms with Gasteiger partial charge in [-0.1, -0.05) is 36.4 Å². The van der Waals surface area contributed by atoms with Gasteiger partial charge < -0.3 is 15.5 Å². The SMILES string of the molecule is C[C@H]1C[C@H](C(=O)Nc2ccccc2CN2CCc3ccccc32)CC(=O)N1. The summed E-state index contributed by atoms with van der Waals surface area (Å²) in [6, 6.07) is 16.5. The van der Waals surface area contributed by atoms with E-state index in [9.17, 15) is 9.59 Å². The summed E-state index contributed by atoms with van der Waals surface area (Å²) >= 11 is 0. The number of nitrogens with zero attached hydrogens (tertiary/aromatic N) is 1. The summed E-state index contributed by atoms with van der Waals surface area (Å²) in [5.41, 5.74) is 4.58. The molecule has 5 heteroatoms. The van der Waals surface area contributed by atoms with E-state index in [1.165, 1.54) is 11.3 Å². The first-order valence-electron chi connectivity index (χ1n) is 9.61. The maximum Gasteiger partial charge on any atom is 0.228 e. The highest BCUT2D eigenvalue weighted by atomic mass is 16.2. The van der Waals surface area contributed by atoms with Crippen LogP contribution in [0.5, 0.6) is 0 Å². The lowest BCUT2D eigenvalue weighted by molar-refractivity contribution is -0.130. The molecule has 0 spiro atoms. The second-order valence-corrected chi connectivity index (χ2v) is 7.55. The minimum atomic E-state index is -0.269.